The Morgan fingerprint density at radius 1 is 0.889 bits per heavy atom. The van der Waals surface area contributed by atoms with Gasteiger partial charge in [0.2, 0.25) is 17.7 Å². The first-order valence-corrected chi connectivity index (χ1v) is 22.2. The number of aromatic nitrogens is 4. The van der Waals surface area contributed by atoms with Gasteiger partial charge in [0.05, 0.1) is 42.1 Å². The average molecular weight is 859 g/mol. The van der Waals surface area contributed by atoms with Crippen molar-refractivity contribution >= 4 is 34.8 Å². The molecule has 328 valence electrons. The topological polar surface area (TPSA) is 165 Å². The van der Waals surface area contributed by atoms with Crippen LogP contribution >= 0.6 is 0 Å². The van der Waals surface area contributed by atoms with Crippen molar-refractivity contribution in [1.82, 2.24) is 40.4 Å². The number of hydrogen-bond donors (Lipinski definition) is 4. The van der Waals surface area contributed by atoms with E-state index in [1.165, 1.54) is 13.2 Å². The molecule has 10 rings (SSSR count). The molecule has 2 bridgehead atoms. The molecule has 3 aromatic carbocycles. The Labute approximate surface area is 363 Å². The van der Waals surface area contributed by atoms with Crippen LogP contribution < -0.4 is 10.6 Å². The van der Waals surface area contributed by atoms with Gasteiger partial charge in [-0.15, -0.1) is 0 Å². The Morgan fingerprint density at radius 2 is 1.59 bits per heavy atom. The van der Waals surface area contributed by atoms with Crippen molar-refractivity contribution in [2.45, 2.75) is 109 Å². The number of methoxy groups -OCH3 is 1. The average Bonchev–Trinajstić information content (AvgIpc) is 3.93. The zero-order valence-electron chi connectivity index (χ0n) is 36.1. The van der Waals surface area contributed by atoms with E-state index < -0.39 is 24.1 Å². The van der Waals surface area contributed by atoms with Crippen molar-refractivity contribution in [2.75, 3.05) is 13.7 Å². The number of likely N-dealkylation sites (tertiary alicyclic amines) is 2. The van der Waals surface area contributed by atoms with Crippen LogP contribution in [0, 0.1) is 17.3 Å². The summed E-state index contributed by atoms with van der Waals surface area (Å²) in [6.07, 6.45) is 6.81. The number of ether oxygens (including phenoxy) is 1. The summed E-state index contributed by atoms with van der Waals surface area (Å²) in [5.41, 5.74) is 4.80. The zero-order chi connectivity index (χ0) is 44.1. The van der Waals surface area contributed by atoms with Crippen LogP contribution in [-0.4, -0.2) is 85.3 Å². The number of halogens is 2. The smallest absolute Gasteiger partial charge is 0.407 e. The predicted octanol–water partition coefficient (Wildman–Crippen LogP) is 8.14. The molecular weight excluding hydrogens is 807 g/mol. The fraction of sp³-hybridized carbons (Fsp3) is 0.458. The van der Waals surface area contributed by atoms with Gasteiger partial charge < -0.3 is 35.1 Å². The van der Waals surface area contributed by atoms with E-state index in [4.69, 9.17) is 14.7 Å². The van der Waals surface area contributed by atoms with Gasteiger partial charge >= 0.3 is 6.09 Å². The number of carbonyl (C=O) groups excluding carboxylic acids is 4. The quantitative estimate of drug-likeness (QED) is 0.110. The first kappa shape index (κ1) is 40.9. The van der Waals surface area contributed by atoms with E-state index in [9.17, 15) is 19.2 Å². The highest BCUT2D eigenvalue weighted by Crippen LogP contribution is 2.59. The van der Waals surface area contributed by atoms with Gasteiger partial charge in [-0.1, -0.05) is 51.1 Å². The molecular formula is C48H52F2N8O5. The highest BCUT2D eigenvalue weighted by Gasteiger charge is 2.55. The largest absolute Gasteiger partial charge is 0.453 e. The highest BCUT2D eigenvalue weighted by atomic mass is 19.3. The Balaban J connectivity index is 0.894. The number of alkyl halides is 2. The summed E-state index contributed by atoms with van der Waals surface area (Å²) in [4.78, 5) is 72.1. The number of aromatic amines is 2. The molecule has 0 radical (unpaired) electrons. The molecule has 4 fully saturated rings. The van der Waals surface area contributed by atoms with Crippen molar-refractivity contribution in [3.05, 3.63) is 83.6 Å². The second-order valence-electron chi connectivity index (χ2n) is 18.7. The maximum absolute atomic E-state index is 16.6. The van der Waals surface area contributed by atoms with Gasteiger partial charge in [-0.25, -0.2) is 14.8 Å². The van der Waals surface area contributed by atoms with E-state index >= 15 is 8.78 Å². The van der Waals surface area contributed by atoms with Gasteiger partial charge in [-0.3, -0.25) is 14.4 Å². The van der Waals surface area contributed by atoms with Crippen LogP contribution in [0.3, 0.4) is 0 Å². The Kier molecular flexibility index (Phi) is 9.75. The van der Waals surface area contributed by atoms with Crippen LogP contribution in [0.25, 0.3) is 44.5 Å². The molecule has 4 heterocycles. The molecule has 4 N–H and O–H groups in total. The van der Waals surface area contributed by atoms with Gasteiger partial charge in [-0.2, -0.15) is 8.78 Å². The maximum Gasteiger partial charge on any atom is 0.407 e. The van der Waals surface area contributed by atoms with Crippen LogP contribution in [-0.2, 0) is 25.0 Å². The van der Waals surface area contributed by atoms with E-state index in [-0.39, 0.29) is 70.6 Å². The third-order valence-electron chi connectivity index (χ3n) is 14.4. The second-order valence-corrected chi connectivity index (χ2v) is 18.7. The van der Waals surface area contributed by atoms with E-state index in [2.05, 4.69) is 20.6 Å². The van der Waals surface area contributed by atoms with Crippen LogP contribution in [0.4, 0.5) is 13.6 Å². The number of piperidine rings is 1. The van der Waals surface area contributed by atoms with Gasteiger partial charge in [0.1, 0.15) is 23.7 Å². The van der Waals surface area contributed by atoms with E-state index in [1.807, 2.05) is 54.0 Å². The number of amides is 4. The lowest BCUT2D eigenvalue weighted by Gasteiger charge is -2.35. The summed E-state index contributed by atoms with van der Waals surface area (Å²) in [6.45, 7) is 7.87. The number of nitrogens with zero attached hydrogens (tertiary/aromatic N) is 4. The second kappa shape index (κ2) is 15.0. The molecule has 2 saturated heterocycles. The molecule has 1 spiro atoms. The Bertz CT molecular complexity index is 2690. The number of H-pyrrole nitrogens is 2. The molecule has 3 aliphatic carbocycles. The minimum absolute atomic E-state index is 0.0428. The molecule has 5 aromatic rings. The van der Waals surface area contributed by atoms with Crippen LogP contribution in [0.2, 0.25) is 0 Å². The number of fused-ring (bicyclic) bond motifs is 6. The van der Waals surface area contributed by atoms with Crippen LogP contribution in [0.5, 0.6) is 0 Å². The lowest BCUT2D eigenvalue weighted by atomic mass is 9.97. The van der Waals surface area contributed by atoms with Gasteiger partial charge in [0, 0.05) is 35.7 Å². The standard InChI is InChI=1S/C48H52F2N8O5/c1-6-39(59)56-40(24(2)3)45(61)57-23-47(15-16-47)21-38(57)42-51-22-37(55-42)28-9-13-32-31-12-8-26(18-33(31)48(49,50)34(32)19-28)27-10-14-35-36(20-27)54-43(53-35)41-29-7-11-30(17-29)58(41)44(60)25(4)52-46(62)63-5/h8-10,12-14,18-20,22,24-25,29-30,38,40-41H,6-7,11,15-17,21,23H2,1-5H3,(H,51,55)(H,52,62)(H,53,54)(H,56,59)/t25-,29-,30+,38-,40+,41-/m0/s1. The van der Waals surface area contributed by atoms with Crippen molar-refractivity contribution in [3.63, 3.8) is 0 Å². The van der Waals surface area contributed by atoms with Gasteiger partial charge in [-0.05, 0) is 109 Å². The van der Waals surface area contributed by atoms with E-state index in [0.717, 1.165) is 49.6 Å². The molecule has 4 amide bonds. The lowest BCUT2D eigenvalue weighted by Crippen LogP contribution is -2.51. The monoisotopic (exact) mass is 858 g/mol. The molecule has 5 aliphatic rings. The molecule has 2 saturated carbocycles. The minimum atomic E-state index is -3.27. The summed E-state index contributed by atoms with van der Waals surface area (Å²) in [5, 5.41) is 5.52. The van der Waals surface area contributed by atoms with Gasteiger partial charge in [0.15, 0.2) is 0 Å². The number of rotatable bonds is 10. The summed E-state index contributed by atoms with van der Waals surface area (Å²) in [5.74, 6) is -2.35. The first-order chi connectivity index (χ1) is 30.2. The number of hydrogen-bond acceptors (Lipinski definition) is 7. The van der Waals surface area contributed by atoms with Crippen LogP contribution in [0.1, 0.15) is 108 Å². The molecule has 63 heavy (non-hydrogen) atoms. The van der Waals surface area contributed by atoms with Crippen molar-refractivity contribution in [2.24, 2.45) is 17.3 Å². The SMILES string of the molecule is CCC(=O)N[C@@H](C(=O)N1CC2(CC2)C[C@H]1c1ncc(-c2ccc3c(c2)C(F)(F)c2cc(-c4ccc5nc([C@@H]6[C@H]7CC[C@H](C7)N6C(=O)[C@H](C)NC(=O)OC)[nH]c5c4)ccc2-3)[nH]1)C(C)C. The van der Waals surface area contributed by atoms with Crippen molar-refractivity contribution in [3.8, 4) is 33.5 Å². The predicted molar refractivity (Wildman–Crippen MR) is 231 cm³/mol. The van der Waals surface area contributed by atoms with E-state index in [1.54, 1.807) is 38.2 Å². The number of benzene rings is 3. The molecule has 2 aliphatic heterocycles. The lowest BCUT2D eigenvalue weighted by molar-refractivity contribution is -0.138. The fourth-order valence-corrected chi connectivity index (χ4v) is 10.8. The summed E-state index contributed by atoms with van der Waals surface area (Å²) < 4.78 is 38.0. The first-order valence-electron chi connectivity index (χ1n) is 22.2. The fourth-order valence-electron chi connectivity index (χ4n) is 10.8. The summed E-state index contributed by atoms with van der Waals surface area (Å²) >= 11 is 0. The number of imidazole rings is 2. The molecule has 2 aromatic heterocycles. The number of nitrogens with one attached hydrogen (secondary N) is 4. The molecule has 15 heteroatoms. The number of alkyl carbamates (subject to hydrolysis) is 1. The number of carbonyl (C=O) groups is 4. The van der Waals surface area contributed by atoms with Crippen molar-refractivity contribution in [1.29, 1.82) is 0 Å². The maximum atomic E-state index is 16.6. The van der Waals surface area contributed by atoms with Crippen molar-refractivity contribution < 1.29 is 32.7 Å². The third kappa shape index (κ3) is 6.85. The zero-order valence-corrected chi connectivity index (χ0v) is 36.1. The molecule has 0 unspecified atom stereocenters. The normalized spacial score (nSPS) is 23.2. The molecule has 13 nitrogen and oxygen atoms in total. The van der Waals surface area contributed by atoms with E-state index in [0.29, 0.717) is 51.7 Å². The Hall–Kier alpha value is -6.12. The third-order valence-corrected chi connectivity index (χ3v) is 14.4. The molecule has 6 atom stereocenters. The highest BCUT2D eigenvalue weighted by molar-refractivity contribution is 5.90. The minimum Gasteiger partial charge on any atom is -0.453 e. The van der Waals surface area contributed by atoms with Gasteiger partial charge in [0.25, 0.3) is 5.92 Å². The summed E-state index contributed by atoms with van der Waals surface area (Å²) in [7, 11) is 1.26. The summed E-state index contributed by atoms with van der Waals surface area (Å²) in [6, 6.07) is 14.0. The Morgan fingerprint density at radius 3 is 2.29 bits per heavy atom. The van der Waals surface area contributed by atoms with Crippen LogP contribution in [0.15, 0.2) is 60.8 Å².